The van der Waals surface area contributed by atoms with Gasteiger partial charge in [0.2, 0.25) is 0 Å². The third-order valence-electron chi connectivity index (χ3n) is 4.38. The van der Waals surface area contributed by atoms with Crippen molar-refractivity contribution in [2.24, 2.45) is 5.41 Å². The van der Waals surface area contributed by atoms with E-state index in [9.17, 15) is 9.18 Å². The van der Waals surface area contributed by atoms with E-state index < -0.39 is 5.41 Å². The monoisotopic (exact) mass is 365 g/mol. The molecule has 27 heavy (non-hydrogen) atoms. The van der Waals surface area contributed by atoms with Crippen LogP contribution in [0.4, 0.5) is 10.2 Å². The van der Waals surface area contributed by atoms with Crippen LogP contribution >= 0.6 is 0 Å². The third-order valence-corrected chi connectivity index (χ3v) is 4.38. The third kappa shape index (κ3) is 4.08. The summed E-state index contributed by atoms with van der Waals surface area (Å²) in [7, 11) is 0. The second-order valence-electron chi connectivity index (χ2n) is 7.64. The summed E-state index contributed by atoms with van der Waals surface area (Å²) in [4.78, 5) is 13.0. The zero-order chi connectivity index (χ0) is 19.6. The molecule has 0 unspecified atom stereocenters. The highest BCUT2D eigenvalue weighted by atomic mass is 19.1. The van der Waals surface area contributed by atoms with Crippen molar-refractivity contribution < 1.29 is 9.18 Å². The summed E-state index contributed by atoms with van der Waals surface area (Å²) in [6.07, 6.45) is 0. The van der Waals surface area contributed by atoms with Crippen LogP contribution < -0.4 is 5.32 Å². The standard InChI is InChI=1S/C22H24FN3O/c1-15-19(17-8-6-5-7-9-17)25-26(21(27)22(2,3)4)20(15)24-14-16-10-12-18(23)13-11-16/h5-13,24H,14H2,1-4H3. The molecule has 0 fully saturated rings. The van der Waals surface area contributed by atoms with Gasteiger partial charge in [-0.1, -0.05) is 63.2 Å². The van der Waals surface area contributed by atoms with Gasteiger partial charge in [-0.25, -0.2) is 4.39 Å². The molecule has 1 aromatic heterocycles. The molecule has 3 aromatic rings. The zero-order valence-corrected chi connectivity index (χ0v) is 16.1. The maximum atomic E-state index is 13.1. The lowest BCUT2D eigenvalue weighted by Gasteiger charge is -2.18. The molecule has 0 atom stereocenters. The molecular weight excluding hydrogens is 341 g/mol. The fraction of sp³-hybridized carbons (Fsp3) is 0.273. The molecule has 3 rings (SSSR count). The van der Waals surface area contributed by atoms with Crippen molar-refractivity contribution in [1.82, 2.24) is 9.78 Å². The van der Waals surface area contributed by atoms with Gasteiger partial charge in [0.15, 0.2) is 0 Å². The Morgan fingerprint density at radius 2 is 1.70 bits per heavy atom. The second kappa shape index (κ2) is 7.35. The number of anilines is 1. The van der Waals surface area contributed by atoms with E-state index in [1.807, 2.05) is 58.0 Å². The number of halogens is 1. The van der Waals surface area contributed by atoms with Gasteiger partial charge in [-0.05, 0) is 24.6 Å². The van der Waals surface area contributed by atoms with E-state index in [4.69, 9.17) is 0 Å². The van der Waals surface area contributed by atoms with Crippen molar-refractivity contribution in [2.75, 3.05) is 5.32 Å². The van der Waals surface area contributed by atoms with Gasteiger partial charge in [0, 0.05) is 23.1 Å². The normalized spacial score (nSPS) is 11.4. The molecule has 4 nitrogen and oxygen atoms in total. The minimum absolute atomic E-state index is 0.0885. The average Bonchev–Trinajstić information content (AvgIpc) is 2.97. The van der Waals surface area contributed by atoms with Crippen LogP contribution in [0, 0.1) is 18.2 Å². The van der Waals surface area contributed by atoms with E-state index in [1.165, 1.54) is 16.8 Å². The van der Waals surface area contributed by atoms with Gasteiger partial charge in [-0.2, -0.15) is 9.78 Å². The first-order chi connectivity index (χ1) is 12.8. The predicted octanol–water partition coefficient (Wildman–Crippen LogP) is 5.30. The van der Waals surface area contributed by atoms with Crippen LogP contribution in [-0.4, -0.2) is 15.7 Å². The van der Waals surface area contributed by atoms with Crippen molar-refractivity contribution in [3.05, 3.63) is 71.5 Å². The molecule has 0 aliphatic rings. The number of hydrogen-bond acceptors (Lipinski definition) is 3. The highest BCUT2D eigenvalue weighted by Gasteiger charge is 2.28. The zero-order valence-electron chi connectivity index (χ0n) is 16.1. The smallest absolute Gasteiger partial charge is 0.254 e. The lowest BCUT2D eigenvalue weighted by Crippen LogP contribution is -2.29. The van der Waals surface area contributed by atoms with Crippen LogP contribution in [0.1, 0.15) is 36.7 Å². The number of nitrogens with one attached hydrogen (secondary N) is 1. The average molecular weight is 365 g/mol. The Kier molecular flexibility index (Phi) is 5.13. The fourth-order valence-corrected chi connectivity index (χ4v) is 2.83. The Balaban J connectivity index is 2.00. The number of benzene rings is 2. The van der Waals surface area contributed by atoms with Gasteiger partial charge in [-0.15, -0.1) is 0 Å². The van der Waals surface area contributed by atoms with Crippen LogP contribution in [0.2, 0.25) is 0 Å². The Labute approximate surface area is 159 Å². The highest BCUT2D eigenvalue weighted by molar-refractivity contribution is 5.88. The molecule has 0 radical (unpaired) electrons. The Hall–Kier alpha value is -2.95. The van der Waals surface area contributed by atoms with E-state index in [0.717, 1.165) is 22.4 Å². The Morgan fingerprint density at radius 3 is 2.30 bits per heavy atom. The first kappa shape index (κ1) is 18.8. The maximum absolute atomic E-state index is 13.1. The molecule has 1 N–H and O–H groups in total. The van der Waals surface area contributed by atoms with Gasteiger partial charge in [-0.3, -0.25) is 4.79 Å². The molecule has 0 amide bonds. The SMILES string of the molecule is Cc1c(-c2ccccc2)nn(C(=O)C(C)(C)C)c1NCc1ccc(F)cc1. The summed E-state index contributed by atoms with van der Waals surface area (Å²) in [5.74, 6) is 0.307. The first-order valence-corrected chi connectivity index (χ1v) is 8.95. The molecule has 5 heteroatoms. The Bertz CT molecular complexity index is 938. The van der Waals surface area contributed by atoms with E-state index in [-0.39, 0.29) is 11.7 Å². The second-order valence-corrected chi connectivity index (χ2v) is 7.64. The van der Waals surface area contributed by atoms with E-state index in [2.05, 4.69) is 10.4 Å². The number of carbonyl (C=O) groups is 1. The van der Waals surface area contributed by atoms with Crippen molar-refractivity contribution in [3.8, 4) is 11.3 Å². The number of nitrogens with zero attached hydrogens (tertiary/aromatic N) is 2. The van der Waals surface area contributed by atoms with Crippen LogP contribution in [0.25, 0.3) is 11.3 Å². The molecule has 0 saturated heterocycles. The van der Waals surface area contributed by atoms with E-state index >= 15 is 0 Å². The molecule has 1 heterocycles. The number of carbonyl (C=O) groups excluding carboxylic acids is 1. The summed E-state index contributed by atoms with van der Waals surface area (Å²) in [5, 5.41) is 7.94. The largest absolute Gasteiger partial charge is 0.366 e. The van der Waals surface area contributed by atoms with Gasteiger partial charge >= 0.3 is 0 Å². The maximum Gasteiger partial charge on any atom is 0.254 e. The minimum Gasteiger partial charge on any atom is -0.366 e. The van der Waals surface area contributed by atoms with Crippen LogP contribution in [0.15, 0.2) is 54.6 Å². The summed E-state index contributed by atoms with van der Waals surface area (Å²) in [5.41, 5.74) is 2.99. The van der Waals surface area contributed by atoms with Gasteiger partial charge in [0.25, 0.3) is 5.91 Å². The van der Waals surface area contributed by atoms with E-state index in [1.54, 1.807) is 12.1 Å². The van der Waals surface area contributed by atoms with E-state index in [0.29, 0.717) is 12.4 Å². The minimum atomic E-state index is -0.571. The molecular formula is C22H24FN3O. The van der Waals surface area contributed by atoms with Crippen molar-refractivity contribution in [3.63, 3.8) is 0 Å². The topological polar surface area (TPSA) is 46.9 Å². The predicted molar refractivity (Wildman–Crippen MR) is 106 cm³/mol. The van der Waals surface area contributed by atoms with Crippen molar-refractivity contribution in [2.45, 2.75) is 34.2 Å². The van der Waals surface area contributed by atoms with Gasteiger partial charge in [0.05, 0.1) is 5.69 Å². The van der Waals surface area contributed by atoms with Crippen LogP contribution in [-0.2, 0) is 6.54 Å². The highest BCUT2D eigenvalue weighted by Crippen LogP contribution is 2.30. The van der Waals surface area contributed by atoms with Gasteiger partial charge in [0.1, 0.15) is 11.6 Å². The summed E-state index contributed by atoms with van der Waals surface area (Å²) >= 11 is 0. The van der Waals surface area contributed by atoms with Crippen LogP contribution in [0.3, 0.4) is 0 Å². The number of rotatable bonds is 4. The van der Waals surface area contributed by atoms with Crippen molar-refractivity contribution >= 4 is 11.7 Å². The van der Waals surface area contributed by atoms with Gasteiger partial charge < -0.3 is 5.32 Å². The molecule has 0 aliphatic carbocycles. The Morgan fingerprint density at radius 1 is 1.07 bits per heavy atom. The molecule has 2 aromatic carbocycles. The molecule has 0 aliphatic heterocycles. The lowest BCUT2D eigenvalue weighted by atomic mass is 9.96. The quantitative estimate of drug-likeness (QED) is 0.683. The molecule has 140 valence electrons. The lowest BCUT2D eigenvalue weighted by molar-refractivity contribution is 0.0752. The van der Waals surface area contributed by atoms with Crippen LogP contribution in [0.5, 0.6) is 0 Å². The summed E-state index contributed by atoms with van der Waals surface area (Å²) in [6, 6.07) is 16.1. The first-order valence-electron chi connectivity index (χ1n) is 8.95. The molecule has 0 saturated carbocycles. The molecule has 0 bridgehead atoms. The summed E-state index contributed by atoms with van der Waals surface area (Å²) < 4.78 is 14.6. The number of hydrogen-bond donors (Lipinski definition) is 1. The summed E-state index contributed by atoms with van der Waals surface area (Å²) in [6.45, 7) is 8.04. The van der Waals surface area contributed by atoms with Crippen molar-refractivity contribution in [1.29, 1.82) is 0 Å². The molecule has 0 spiro atoms. The fourth-order valence-electron chi connectivity index (χ4n) is 2.83. The number of aromatic nitrogens is 2.